The maximum Gasteiger partial charge on any atom is 0.0973 e. The molecule has 9 aromatic carbocycles. The standard InChI is InChI=1S/C54H34N4/c1-4-15-37(16-5-1)53-54(38-17-6-2-7-18-38)56-47-32-39(26-30-46(47)55-53)35-24-28-41(29-25-35)57-48-23-13-12-22-43(48)44-33-45-51(34-50(44)57)58(40-19-8-3-9-20-40)49-31-27-36-14-10-11-21-42(36)52(45)49/h1-34H. The number of nitrogens with zero attached hydrogens (tertiary/aromatic N) is 4. The largest absolute Gasteiger partial charge is 0.309 e. The van der Waals surface area contributed by atoms with E-state index in [1.807, 2.05) is 12.1 Å². The molecule has 0 saturated carbocycles. The summed E-state index contributed by atoms with van der Waals surface area (Å²) in [5.74, 6) is 0. The van der Waals surface area contributed by atoms with E-state index in [-0.39, 0.29) is 0 Å². The molecule has 0 bridgehead atoms. The predicted octanol–water partition coefficient (Wildman–Crippen LogP) is 14.0. The van der Waals surface area contributed by atoms with Gasteiger partial charge >= 0.3 is 0 Å². The maximum atomic E-state index is 5.25. The molecule has 0 saturated heterocycles. The zero-order chi connectivity index (χ0) is 38.2. The van der Waals surface area contributed by atoms with E-state index in [1.165, 1.54) is 54.4 Å². The molecule has 58 heavy (non-hydrogen) atoms. The molecule has 0 atom stereocenters. The van der Waals surface area contributed by atoms with Gasteiger partial charge in [-0.25, -0.2) is 9.97 Å². The lowest BCUT2D eigenvalue weighted by Gasteiger charge is -2.12. The molecular formula is C54H34N4. The van der Waals surface area contributed by atoms with Gasteiger partial charge in [0.05, 0.1) is 44.5 Å². The molecule has 3 aromatic heterocycles. The van der Waals surface area contributed by atoms with Gasteiger partial charge < -0.3 is 9.13 Å². The highest BCUT2D eigenvalue weighted by atomic mass is 15.0. The molecule has 12 aromatic rings. The molecule has 270 valence electrons. The molecular weight excluding hydrogens is 705 g/mol. The fraction of sp³-hybridized carbons (Fsp3) is 0. The minimum Gasteiger partial charge on any atom is -0.309 e. The second-order valence-corrected chi connectivity index (χ2v) is 15.0. The highest BCUT2D eigenvalue weighted by Gasteiger charge is 2.20. The zero-order valence-corrected chi connectivity index (χ0v) is 31.4. The third-order valence-electron chi connectivity index (χ3n) is 11.7. The van der Waals surface area contributed by atoms with E-state index < -0.39 is 0 Å². The van der Waals surface area contributed by atoms with E-state index in [0.717, 1.165) is 56.0 Å². The first-order valence-corrected chi connectivity index (χ1v) is 19.7. The summed E-state index contributed by atoms with van der Waals surface area (Å²) >= 11 is 0. The maximum absolute atomic E-state index is 5.25. The lowest BCUT2D eigenvalue weighted by molar-refractivity contribution is 1.16. The van der Waals surface area contributed by atoms with Crippen LogP contribution in [0, 0.1) is 0 Å². The molecule has 4 heteroatoms. The monoisotopic (exact) mass is 738 g/mol. The number of rotatable bonds is 5. The van der Waals surface area contributed by atoms with Crippen LogP contribution in [0.2, 0.25) is 0 Å². The second kappa shape index (κ2) is 12.9. The first kappa shape index (κ1) is 32.4. The van der Waals surface area contributed by atoms with Crippen LogP contribution in [0.25, 0.3) is 110 Å². The van der Waals surface area contributed by atoms with Crippen molar-refractivity contribution in [1.82, 2.24) is 19.1 Å². The molecule has 0 amide bonds. The average Bonchev–Trinajstić information content (AvgIpc) is 3.80. The smallest absolute Gasteiger partial charge is 0.0973 e. The number of aromatic nitrogens is 4. The van der Waals surface area contributed by atoms with Crippen molar-refractivity contribution in [1.29, 1.82) is 0 Å². The number of fused-ring (bicyclic) bond motifs is 9. The Labute approximate surface area is 334 Å². The Morgan fingerprint density at radius 1 is 0.293 bits per heavy atom. The van der Waals surface area contributed by atoms with Crippen LogP contribution in [-0.2, 0) is 0 Å². The Bertz CT molecular complexity index is 3530. The van der Waals surface area contributed by atoms with Crippen molar-refractivity contribution in [2.45, 2.75) is 0 Å². The van der Waals surface area contributed by atoms with Crippen molar-refractivity contribution in [3.63, 3.8) is 0 Å². The lowest BCUT2D eigenvalue weighted by Crippen LogP contribution is -1.96. The molecule has 0 radical (unpaired) electrons. The van der Waals surface area contributed by atoms with Crippen LogP contribution < -0.4 is 0 Å². The van der Waals surface area contributed by atoms with Gasteiger partial charge in [0.1, 0.15) is 0 Å². The van der Waals surface area contributed by atoms with Crippen molar-refractivity contribution in [2.75, 3.05) is 0 Å². The van der Waals surface area contributed by atoms with Crippen LogP contribution in [0.5, 0.6) is 0 Å². The Balaban J connectivity index is 1.02. The van der Waals surface area contributed by atoms with Crippen molar-refractivity contribution in [3.8, 4) is 45.0 Å². The van der Waals surface area contributed by atoms with Crippen LogP contribution in [0.1, 0.15) is 0 Å². The van der Waals surface area contributed by atoms with Crippen molar-refractivity contribution < 1.29 is 0 Å². The summed E-state index contributed by atoms with van der Waals surface area (Å²) in [6, 6.07) is 73.7. The first-order chi connectivity index (χ1) is 28.8. The molecule has 0 fully saturated rings. The van der Waals surface area contributed by atoms with Gasteiger partial charge in [0.25, 0.3) is 0 Å². The van der Waals surface area contributed by atoms with Gasteiger partial charge in [-0.3, -0.25) is 0 Å². The van der Waals surface area contributed by atoms with Gasteiger partial charge in [-0.05, 0) is 82.6 Å². The minimum absolute atomic E-state index is 0.869. The summed E-state index contributed by atoms with van der Waals surface area (Å²) in [4.78, 5) is 10.4. The fourth-order valence-electron chi connectivity index (χ4n) is 9.01. The number of hydrogen-bond donors (Lipinski definition) is 0. The molecule has 0 spiro atoms. The van der Waals surface area contributed by atoms with E-state index in [2.05, 4.69) is 203 Å². The predicted molar refractivity (Wildman–Crippen MR) is 242 cm³/mol. The summed E-state index contributed by atoms with van der Waals surface area (Å²) < 4.78 is 4.85. The second-order valence-electron chi connectivity index (χ2n) is 15.0. The van der Waals surface area contributed by atoms with Crippen molar-refractivity contribution >= 4 is 65.4 Å². The van der Waals surface area contributed by atoms with Crippen LogP contribution in [0.3, 0.4) is 0 Å². The summed E-state index contributed by atoms with van der Waals surface area (Å²) in [5.41, 5.74) is 14.8. The molecule has 0 aliphatic carbocycles. The first-order valence-electron chi connectivity index (χ1n) is 19.7. The molecule has 4 nitrogen and oxygen atoms in total. The highest BCUT2D eigenvalue weighted by Crippen LogP contribution is 2.42. The number of para-hydroxylation sites is 2. The van der Waals surface area contributed by atoms with Gasteiger partial charge in [0.15, 0.2) is 0 Å². The zero-order valence-electron chi connectivity index (χ0n) is 31.4. The molecule has 0 aliphatic heterocycles. The Hall–Kier alpha value is -7.82. The third kappa shape index (κ3) is 5.02. The van der Waals surface area contributed by atoms with E-state index in [1.54, 1.807) is 0 Å². The van der Waals surface area contributed by atoms with Crippen LogP contribution >= 0.6 is 0 Å². The summed E-state index contributed by atoms with van der Waals surface area (Å²) in [6.45, 7) is 0. The van der Waals surface area contributed by atoms with Crippen LogP contribution in [-0.4, -0.2) is 19.1 Å². The number of benzene rings is 9. The van der Waals surface area contributed by atoms with Gasteiger partial charge in [-0.2, -0.15) is 0 Å². The summed E-state index contributed by atoms with van der Waals surface area (Å²) in [7, 11) is 0. The quantitative estimate of drug-likeness (QED) is 0.176. The van der Waals surface area contributed by atoms with Crippen LogP contribution in [0.15, 0.2) is 206 Å². The highest BCUT2D eigenvalue weighted by molar-refractivity contribution is 6.25. The van der Waals surface area contributed by atoms with E-state index >= 15 is 0 Å². The summed E-state index contributed by atoms with van der Waals surface area (Å²) in [5, 5.41) is 7.54. The lowest BCUT2D eigenvalue weighted by atomic mass is 10.0. The molecule has 0 N–H and O–H groups in total. The topological polar surface area (TPSA) is 35.6 Å². The molecule has 12 rings (SSSR count). The van der Waals surface area contributed by atoms with Crippen molar-refractivity contribution in [2.24, 2.45) is 0 Å². The Kier molecular flexibility index (Phi) is 7.20. The van der Waals surface area contributed by atoms with Crippen LogP contribution in [0.4, 0.5) is 0 Å². The molecule has 0 unspecified atom stereocenters. The minimum atomic E-state index is 0.869. The third-order valence-corrected chi connectivity index (χ3v) is 11.7. The number of hydrogen-bond acceptors (Lipinski definition) is 2. The van der Waals surface area contributed by atoms with E-state index in [0.29, 0.717) is 0 Å². The molecule has 0 aliphatic rings. The van der Waals surface area contributed by atoms with E-state index in [9.17, 15) is 0 Å². The normalized spacial score (nSPS) is 11.8. The fourth-order valence-corrected chi connectivity index (χ4v) is 9.01. The van der Waals surface area contributed by atoms with Gasteiger partial charge in [0.2, 0.25) is 0 Å². The van der Waals surface area contributed by atoms with E-state index in [4.69, 9.17) is 9.97 Å². The summed E-state index contributed by atoms with van der Waals surface area (Å²) in [6.07, 6.45) is 0. The van der Waals surface area contributed by atoms with Gasteiger partial charge in [-0.15, -0.1) is 0 Å². The Morgan fingerprint density at radius 2 is 0.862 bits per heavy atom. The van der Waals surface area contributed by atoms with Gasteiger partial charge in [0, 0.05) is 44.0 Å². The van der Waals surface area contributed by atoms with Gasteiger partial charge in [-0.1, -0.05) is 146 Å². The van der Waals surface area contributed by atoms with Crippen molar-refractivity contribution in [3.05, 3.63) is 206 Å². The SMILES string of the molecule is c1ccc(-c2nc3ccc(-c4ccc(-n5c6ccccc6c6cc7c8c9ccccc9ccc8n(-c8ccccc8)c7cc65)cc4)cc3nc2-c2ccccc2)cc1. The average molecular weight is 739 g/mol. The Morgan fingerprint density at radius 3 is 1.60 bits per heavy atom. The molecule has 3 heterocycles.